The van der Waals surface area contributed by atoms with Crippen LogP contribution in [0.5, 0.6) is 0 Å². The van der Waals surface area contributed by atoms with Gasteiger partial charge in [0, 0.05) is 19.2 Å². The number of carboxylic acids is 1. The van der Waals surface area contributed by atoms with Gasteiger partial charge >= 0.3 is 5.97 Å². The predicted molar refractivity (Wildman–Crippen MR) is 66.2 cm³/mol. The molecule has 0 saturated carbocycles. The van der Waals surface area contributed by atoms with Crippen molar-refractivity contribution in [2.24, 2.45) is 0 Å². The number of nitro groups is 1. The second-order valence-electron chi connectivity index (χ2n) is 3.93. The fraction of sp³-hybridized carbons (Fsp3) is 0.250. The van der Waals surface area contributed by atoms with Gasteiger partial charge in [-0.3, -0.25) is 19.8 Å². The Morgan fingerprint density at radius 3 is 2.74 bits per heavy atom. The molecular formula is C12H13FN2O4. The van der Waals surface area contributed by atoms with Crippen LogP contribution >= 0.6 is 0 Å². The van der Waals surface area contributed by atoms with Gasteiger partial charge in [0.2, 0.25) is 0 Å². The summed E-state index contributed by atoms with van der Waals surface area (Å²) in [7, 11) is 0. The molecule has 0 aliphatic rings. The molecule has 0 unspecified atom stereocenters. The van der Waals surface area contributed by atoms with Crippen molar-refractivity contribution in [1.82, 2.24) is 4.90 Å². The summed E-state index contributed by atoms with van der Waals surface area (Å²) in [6, 6.07) is 3.19. The van der Waals surface area contributed by atoms with E-state index in [4.69, 9.17) is 5.11 Å². The van der Waals surface area contributed by atoms with Crippen LogP contribution in [0.2, 0.25) is 0 Å². The van der Waals surface area contributed by atoms with E-state index in [1.54, 1.807) is 0 Å². The Morgan fingerprint density at radius 2 is 2.21 bits per heavy atom. The Bertz CT molecular complexity index is 505. The van der Waals surface area contributed by atoms with Gasteiger partial charge in [-0.15, -0.1) is 6.58 Å². The molecule has 102 valence electrons. The van der Waals surface area contributed by atoms with Crippen molar-refractivity contribution >= 4 is 11.7 Å². The van der Waals surface area contributed by atoms with Crippen molar-refractivity contribution in [2.45, 2.75) is 6.54 Å². The maximum atomic E-state index is 13.2. The summed E-state index contributed by atoms with van der Waals surface area (Å²) >= 11 is 0. The summed E-state index contributed by atoms with van der Waals surface area (Å²) in [5.41, 5.74) is -0.0151. The molecule has 1 N–H and O–H groups in total. The van der Waals surface area contributed by atoms with E-state index in [-0.39, 0.29) is 25.3 Å². The lowest BCUT2D eigenvalue weighted by Crippen LogP contribution is -2.29. The van der Waals surface area contributed by atoms with Gasteiger partial charge in [-0.25, -0.2) is 4.39 Å². The summed E-state index contributed by atoms with van der Waals surface area (Å²) in [5, 5.41) is 19.3. The average Bonchev–Trinajstić information content (AvgIpc) is 2.27. The van der Waals surface area contributed by atoms with Crippen molar-refractivity contribution in [3.8, 4) is 0 Å². The third-order valence-electron chi connectivity index (χ3n) is 2.31. The monoisotopic (exact) mass is 268 g/mol. The maximum absolute atomic E-state index is 13.2. The van der Waals surface area contributed by atoms with E-state index in [2.05, 4.69) is 6.58 Å². The lowest BCUT2D eigenvalue weighted by atomic mass is 10.2. The molecule has 0 aliphatic heterocycles. The van der Waals surface area contributed by atoms with Crippen molar-refractivity contribution in [2.75, 3.05) is 13.1 Å². The van der Waals surface area contributed by atoms with Crippen LogP contribution in [0.3, 0.4) is 0 Å². The molecule has 0 radical (unpaired) electrons. The Hall–Kier alpha value is -2.28. The standard InChI is InChI=1S/C12H13FN2O4/c1-2-3-14(8-12(16)17)7-9-4-10(13)6-11(5-9)15(18)19/h2,4-6H,1,3,7-8H2,(H,16,17). The van der Waals surface area contributed by atoms with Gasteiger partial charge in [0.15, 0.2) is 0 Å². The molecule has 6 nitrogen and oxygen atoms in total. The van der Waals surface area contributed by atoms with Crippen LogP contribution in [0.1, 0.15) is 5.56 Å². The number of aliphatic carboxylic acids is 1. The van der Waals surface area contributed by atoms with E-state index in [9.17, 15) is 19.3 Å². The Labute approximate surface area is 108 Å². The molecule has 1 rings (SSSR count). The van der Waals surface area contributed by atoms with E-state index in [0.717, 1.165) is 12.1 Å². The van der Waals surface area contributed by atoms with Crippen molar-refractivity contribution in [3.63, 3.8) is 0 Å². The first kappa shape index (κ1) is 14.8. The van der Waals surface area contributed by atoms with Crippen LogP contribution in [0.25, 0.3) is 0 Å². The Morgan fingerprint density at radius 1 is 1.53 bits per heavy atom. The number of hydrogen-bond acceptors (Lipinski definition) is 4. The molecule has 0 fully saturated rings. The molecule has 0 bridgehead atoms. The summed E-state index contributed by atoms with van der Waals surface area (Å²) in [6.45, 7) is 3.62. The van der Waals surface area contributed by atoms with Crippen molar-refractivity contribution in [3.05, 3.63) is 52.3 Å². The third kappa shape index (κ3) is 4.84. The fourth-order valence-electron chi connectivity index (χ4n) is 1.65. The Balaban J connectivity index is 2.91. The highest BCUT2D eigenvalue weighted by Gasteiger charge is 2.13. The molecule has 0 heterocycles. The van der Waals surface area contributed by atoms with Gasteiger partial charge < -0.3 is 5.11 Å². The summed E-state index contributed by atoms with van der Waals surface area (Å²) in [5.74, 6) is -1.76. The van der Waals surface area contributed by atoms with Crippen molar-refractivity contribution in [1.29, 1.82) is 0 Å². The first-order chi connectivity index (χ1) is 8.92. The first-order valence-electron chi connectivity index (χ1n) is 5.41. The number of carbonyl (C=O) groups is 1. The van der Waals surface area contributed by atoms with Crippen molar-refractivity contribution < 1.29 is 19.2 Å². The van der Waals surface area contributed by atoms with E-state index >= 15 is 0 Å². The molecule has 1 aromatic rings. The molecule has 0 spiro atoms. The third-order valence-corrected chi connectivity index (χ3v) is 2.31. The highest BCUT2D eigenvalue weighted by molar-refractivity contribution is 5.69. The van der Waals surface area contributed by atoms with Gasteiger partial charge in [0.25, 0.3) is 5.69 Å². The summed E-state index contributed by atoms with van der Waals surface area (Å²) in [4.78, 5) is 22.1. The fourth-order valence-corrected chi connectivity index (χ4v) is 1.65. The smallest absolute Gasteiger partial charge is 0.317 e. The molecule has 19 heavy (non-hydrogen) atoms. The number of carboxylic acid groups (broad SMARTS) is 1. The summed E-state index contributed by atoms with van der Waals surface area (Å²) < 4.78 is 13.2. The second kappa shape index (κ2) is 6.60. The zero-order valence-corrected chi connectivity index (χ0v) is 10.1. The predicted octanol–water partition coefficient (Wildman–Crippen LogP) is 1.81. The minimum absolute atomic E-state index is 0.0942. The van der Waals surface area contributed by atoms with Gasteiger partial charge in [-0.1, -0.05) is 6.08 Å². The van der Waals surface area contributed by atoms with Gasteiger partial charge in [0.1, 0.15) is 5.82 Å². The minimum Gasteiger partial charge on any atom is -0.480 e. The first-order valence-corrected chi connectivity index (χ1v) is 5.41. The number of non-ortho nitro benzene ring substituents is 1. The normalized spacial score (nSPS) is 10.4. The molecule has 0 atom stereocenters. The quantitative estimate of drug-likeness (QED) is 0.463. The van der Waals surface area contributed by atoms with E-state index in [1.165, 1.54) is 17.0 Å². The van der Waals surface area contributed by atoms with Crippen LogP contribution in [0.15, 0.2) is 30.9 Å². The van der Waals surface area contributed by atoms with E-state index in [0.29, 0.717) is 5.56 Å². The zero-order chi connectivity index (χ0) is 14.4. The molecule has 7 heteroatoms. The Kier molecular flexibility index (Phi) is 5.13. The van der Waals surface area contributed by atoms with E-state index in [1.807, 2.05) is 0 Å². The van der Waals surface area contributed by atoms with Crippen LogP contribution in [-0.2, 0) is 11.3 Å². The topological polar surface area (TPSA) is 83.7 Å². The highest BCUT2D eigenvalue weighted by Crippen LogP contribution is 2.17. The lowest BCUT2D eigenvalue weighted by molar-refractivity contribution is -0.385. The van der Waals surface area contributed by atoms with Gasteiger partial charge in [-0.05, 0) is 11.6 Å². The number of benzene rings is 1. The number of halogens is 1. The maximum Gasteiger partial charge on any atom is 0.317 e. The summed E-state index contributed by atoms with van der Waals surface area (Å²) in [6.07, 6.45) is 1.51. The average molecular weight is 268 g/mol. The lowest BCUT2D eigenvalue weighted by Gasteiger charge is -2.18. The SMILES string of the molecule is C=CCN(CC(=O)O)Cc1cc(F)cc([N+](=O)[O-])c1. The molecular weight excluding hydrogens is 255 g/mol. The highest BCUT2D eigenvalue weighted by atomic mass is 19.1. The van der Waals surface area contributed by atoms with Crippen LogP contribution in [0.4, 0.5) is 10.1 Å². The number of nitrogens with zero attached hydrogens (tertiary/aromatic N) is 2. The number of hydrogen-bond donors (Lipinski definition) is 1. The second-order valence-corrected chi connectivity index (χ2v) is 3.93. The van der Waals surface area contributed by atoms with Gasteiger partial charge in [0.05, 0.1) is 17.5 Å². The van der Waals surface area contributed by atoms with Crippen LogP contribution in [0, 0.1) is 15.9 Å². The zero-order valence-electron chi connectivity index (χ0n) is 10.1. The minimum atomic E-state index is -1.03. The molecule has 0 aliphatic carbocycles. The van der Waals surface area contributed by atoms with E-state index < -0.39 is 16.7 Å². The molecule has 0 amide bonds. The number of nitro benzene ring substituents is 1. The number of rotatable bonds is 7. The largest absolute Gasteiger partial charge is 0.480 e. The molecule has 0 saturated heterocycles. The molecule has 0 aromatic heterocycles. The van der Waals surface area contributed by atoms with Crippen LogP contribution < -0.4 is 0 Å². The van der Waals surface area contributed by atoms with Gasteiger partial charge in [-0.2, -0.15) is 0 Å². The van der Waals surface area contributed by atoms with Crippen LogP contribution in [-0.4, -0.2) is 34.0 Å². The molecule has 1 aromatic carbocycles.